The third kappa shape index (κ3) is 3.25. The molecular formula is C19H30O. The molecule has 0 amide bonds. The Morgan fingerprint density at radius 1 is 1.15 bits per heavy atom. The first-order chi connectivity index (χ1) is 9.73. The Hall–Kier alpha value is -0.820. The molecule has 1 aliphatic carbocycles. The van der Waals surface area contributed by atoms with Crippen molar-refractivity contribution in [2.24, 2.45) is 5.92 Å². The predicted molar refractivity (Wildman–Crippen MR) is 85.9 cm³/mol. The minimum atomic E-state index is -0.166. The van der Waals surface area contributed by atoms with Crippen LogP contribution in [0.2, 0.25) is 0 Å². The summed E-state index contributed by atoms with van der Waals surface area (Å²) in [5.74, 6) is 0.686. The van der Waals surface area contributed by atoms with E-state index in [-0.39, 0.29) is 11.5 Å². The van der Waals surface area contributed by atoms with E-state index in [1.165, 1.54) is 37.7 Å². The summed E-state index contributed by atoms with van der Waals surface area (Å²) in [5, 5.41) is 10.9. The molecule has 0 aliphatic heterocycles. The first kappa shape index (κ1) is 15.6. The van der Waals surface area contributed by atoms with Crippen molar-refractivity contribution in [3.05, 3.63) is 35.9 Å². The van der Waals surface area contributed by atoms with Crippen molar-refractivity contribution in [3.8, 4) is 0 Å². The highest BCUT2D eigenvalue weighted by Crippen LogP contribution is 2.48. The van der Waals surface area contributed by atoms with E-state index in [4.69, 9.17) is 0 Å². The summed E-state index contributed by atoms with van der Waals surface area (Å²) >= 11 is 0. The molecular weight excluding hydrogens is 244 g/mol. The van der Waals surface area contributed by atoms with Crippen molar-refractivity contribution in [2.75, 3.05) is 0 Å². The second kappa shape index (κ2) is 7.26. The van der Waals surface area contributed by atoms with E-state index in [0.29, 0.717) is 5.92 Å². The van der Waals surface area contributed by atoms with Crippen LogP contribution in [0.4, 0.5) is 0 Å². The van der Waals surface area contributed by atoms with Crippen LogP contribution in [0, 0.1) is 5.92 Å². The Morgan fingerprint density at radius 3 is 2.35 bits per heavy atom. The van der Waals surface area contributed by atoms with Crippen LogP contribution in [0.3, 0.4) is 0 Å². The van der Waals surface area contributed by atoms with E-state index in [2.05, 4.69) is 44.2 Å². The molecule has 0 saturated heterocycles. The van der Waals surface area contributed by atoms with Gasteiger partial charge in [0.25, 0.3) is 0 Å². The molecule has 0 spiro atoms. The molecule has 1 aromatic carbocycles. The molecule has 0 radical (unpaired) electrons. The van der Waals surface area contributed by atoms with Gasteiger partial charge in [-0.05, 0) is 30.7 Å². The number of hydrogen-bond donors (Lipinski definition) is 1. The van der Waals surface area contributed by atoms with E-state index in [9.17, 15) is 5.11 Å². The molecule has 2 rings (SSSR count). The highest BCUT2D eigenvalue weighted by atomic mass is 16.3. The van der Waals surface area contributed by atoms with Crippen molar-refractivity contribution >= 4 is 0 Å². The van der Waals surface area contributed by atoms with Gasteiger partial charge in [-0.15, -0.1) is 0 Å². The topological polar surface area (TPSA) is 20.2 Å². The van der Waals surface area contributed by atoms with Gasteiger partial charge in [-0.2, -0.15) is 0 Å². The second-order valence-corrected chi connectivity index (χ2v) is 6.54. The summed E-state index contributed by atoms with van der Waals surface area (Å²) in [7, 11) is 0. The molecule has 0 heterocycles. The maximum Gasteiger partial charge on any atom is 0.0639 e. The molecule has 2 atom stereocenters. The highest BCUT2D eigenvalue weighted by Gasteiger charge is 2.44. The van der Waals surface area contributed by atoms with Crippen LogP contribution in [0.1, 0.15) is 70.8 Å². The van der Waals surface area contributed by atoms with Crippen LogP contribution in [0.5, 0.6) is 0 Å². The number of aliphatic hydroxyl groups excluding tert-OH is 1. The number of rotatable bonds is 8. The number of aliphatic hydroxyl groups is 1. The largest absolute Gasteiger partial charge is 0.392 e. The van der Waals surface area contributed by atoms with Gasteiger partial charge >= 0.3 is 0 Å². The standard InChI is InChI=1S/C19H30O/c1-3-5-10-16(4-2)15-18(20)19(13-9-14-19)17-11-7-6-8-12-17/h6-8,11-12,16,18,20H,3-5,9-10,13-15H2,1-2H3. The SMILES string of the molecule is CCCCC(CC)CC(O)C1(c2ccccc2)CCC1. The lowest BCUT2D eigenvalue weighted by molar-refractivity contribution is 0.00935. The first-order valence-corrected chi connectivity index (χ1v) is 8.46. The Bertz CT molecular complexity index is 380. The van der Waals surface area contributed by atoms with Crippen LogP contribution in [0.15, 0.2) is 30.3 Å². The van der Waals surface area contributed by atoms with Gasteiger partial charge in [0.15, 0.2) is 0 Å². The average molecular weight is 274 g/mol. The van der Waals surface area contributed by atoms with Gasteiger partial charge in [-0.1, -0.05) is 76.3 Å². The third-order valence-electron chi connectivity index (χ3n) is 5.33. The van der Waals surface area contributed by atoms with Crippen molar-refractivity contribution in [1.29, 1.82) is 0 Å². The van der Waals surface area contributed by atoms with Gasteiger partial charge in [0.1, 0.15) is 0 Å². The number of unbranched alkanes of at least 4 members (excludes halogenated alkanes) is 1. The predicted octanol–water partition coefficient (Wildman–Crippen LogP) is 5.08. The normalized spacial score (nSPS) is 20.1. The minimum Gasteiger partial charge on any atom is -0.392 e. The maximum absolute atomic E-state index is 10.9. The van der Waals surface area contributed by atoms with Crippen molar-refractivity contribution in [2.45, 2.75) is 76.7 Å². The van der Waals surface area contributed by atoms with Crippen molar-refractivity contribution in [1.82, 2.24) is 0 Å². The quantitative estimate of drug-likeness (QED) is 0.701. The van der Waals surface area contributed by atoms with Gasteiger partial charge in [0.05, 0.1) is 6.10 Å². The summed E-state index contributed by atoms with van der Waals surface area (Å²) in [5.41, 5.74) is 1.41. The fourth-order valence-corrected chi connectivity index (χ4v) is 3.66. The second-order valence-electron chi connectivity index (χ2n) is 6.54. The lowest BCUT2D eigenvalue weighted by Crippen LogP contribution is -2.46. The summed E-state index contributed by atoms with van der Waals surface area (Å²) in [6.45, 7) is 4.52. The molecule has 1 fully saturated rings. The van der Waals surface area contributed by atoms with Gasteiger partial charge in [-0.3, -0.25) is 0 Å². The maximum atomic E-state index is 10.9. The van der Waals surface area contributed by atoms with Gasteiger partial charge < -0.3 is 5.11 Å². The zero-order valence-electron chi connectivity index (χ0n) is 13.1. The van der Waals surface area contributed by atoms with Crippen LogP contribution in [-0.4, -0.2) is 11.2 Å². The van der Waals surface area contributed by atoms with E-state index < -0.39 is 0 Å². The van der Waals surface area contributed by atoms with Crippen molar-refractivity contribution in [3.63, 3.8) is 0 Å². The Labute approximate surface area is 124 Å². The molecule has 1 N–H and O–H groups in total. The third-order valence-corrected chi connectivity index (χ3v) is 5.33. The van der Waals surface area contributed by atoms with Crippen LogP contribution in [0.25, 0.3) is 0 Å². The fraction of sp³-hybridized carbons (Fsp3) is 0.684. The summed E-state index contributed by atoms with van der Waals surface area (Å²) in [6.07, 6.45) is 9.41. The van der Waals surface area contributed by atoms with E-state index in [1.807, 2.05) is 0 Å². The zero-order chi connectivity index (χ0) is 14.4. The molecule has 1 saturated carbocycles. The molecule has 1 aliphatic rings. The lowest BCUT2D eigenvalue weighted by Gasteiger charge is -2.47. The van der Waals surface area contributed by atoms with E-state index in [1.54, 1.807) is 0 Å². The smallest absolute Gasteiger partial charge is 0.0639 e. The molecule has 1 heteroatoms. The Balaban J connectivity index is 2.04. The van der Waals surface area contributed by atoms with E-state index in [0.717, 1.165) is 19.3 Å². The average Bonchev–Trinajstić information content (AvgIpc) is 2.43. The highest BCUT2D eigenvalue weighted by molar-refractivity contribution is 5.29. The van der Waals surface area contributed by atoms with Gasteiger partial charge in [0, 0.05) is 5.41 Å². The van der Waals surface area contributed by atoms with Crippen LogP contribution in [-0.2, 0) is 5.41 Å². The first-order valence-electron chi connectivity index (χ1n) is 8.46. The molecule has 1 aromatic rings. The van der Waals surface area contributed by atoms with Gasteiger partial charge in [0.2, 0.25) is 0 Å². The minimum absolute atomic E-state index is 0.0564. The number of benzene rings is 1. The Morgan fingerprint density at radius 2 is 1.85 bits per heavy atom. The van der Waals surface area contributed by atoms with Gasteiger partial charge in [-0.25, -0.2) is 0 Å². The molecule has 1 nitrogen and oxygen atoms in total. The van der Waals surface area contributed by atoms with Crippen molar-refractivity contribution < 1.29 is 5.11 Å². The molecule has 20 heavy (non-hydrogen) atoms. The molecule has 0 bridgehead atoms. The lowest BCUT2D eigenvalue weighted by atomic mass is 9.59. The molecule has 2 unspecified atom stereocenters. The van der Waals surface area contributed by atoms with E-state index >= 15 is 0 Å². The number of hydrogen-bond acceptors (Lipinski definition) is 1. The zero-order valence-corrected chi connectivity index (χ0v) is 13.1. The fourth-order valence-electron chi connectivity index (χ4n) is 3.66. The summed E-state index contributed by atoms with van der Waals surface area (Å²) in [6, 6.07) is 10.7. The summed E-state index contributed by atoms with van der Waals surface area (Å²) < 4.78 is 0. The van der Waals surface area contributed by atoms with Crippen LogP contribution >= 0.6 is 0 Å². The summed E-state index contributed by atoms with van der Waals surface area (Å²) in [4.78, 5) is 0. The molecule has 0 aromatic heterocycles. The molecule has 112 valence electrons. The monoisotopic (exact) mass is 274 g/mol. The Kier molecular flexibility index (Phi) is 5.65. The van der Waals surface area contributed by atoms with Crippen LogP contribution < -0.4 is 0 Å².